The average molecular weight is 387 g/mol. The second-order valence-electron chi connectivity index (χ2n) is 7.31. The van der Waals surface area contributed by atoms with Crippen LogP contribution in [0.2, 0.25) is 0 Å². The van der Waals surface area contributed by atoms with Gasteiger partial charge < -0.3 is 24.3 Å². The molecule has 2 rings (SSSR count). The Labute approximate surface area is 166 Å². The van der Waals surface area contributed by atoms with E-state index in [9.17, 15) is 4.79 Å². The van der Waals surface area contributed by atoms with Gasteiger partial charge in [-0.15, -0.1) is 0 Å². The molecule has 0 heterocycles. The molecule has 0 aliphatic heterocycles. The lowest BCUT2D eigenvalue weighted by molar-refractivity contribution is -0.123. The number of amides is 1. The van der Waals surface area contributed by atoms with Crippen LogP contribution in [0.1, 0.15) is 26.3 Å². The summed E-state index contributed by atoms with van der Waals surface area (Å²) < 4.78 is 21.5. The Morgan fingerprint density at radius 1 is 0.857 bits per heavy atom. The molecule has 0 saturated heterocycles. The van der Waals surface area contributed by atoms with E-state index >= 15 is 0 Å². The number of methoxy groups -OCH3 is 2. The van der Waals surface area contributed by atoms with Crippen LogP contribution in [0.15, 0.2) is 42.5 Å². The van der Waals surface area contributed by atoms with E-state index in [4.69, 9.17) is 18.9 Å². The van der Waals surface area contributed by atoms with Crippen molar-refractivity contribution in [3.63, 3.8) is 0 Å². The van der Waals surface area contributed by atoms with Crippen molar-refractivity contribution < 1.29 is 23.7 Å². The van der Waals surface area contributed by atoms with Gasteiger partial charge in [-0.25, -0.2) is 0 Å². The second kappa shape index (κ2) is 9.88. The van der Waals surface area contributed by atoms with Gasteiger partial charge in [0.25, 0.3) is 5.91 Å². The number of ether oxygens (including phenoxy) is 4. The molecular formula is C22H29NO5. The number of carbonyl (C=O) groups excluding carboxylic acids is 1. The van der Waals surface area contributed by atoms with Crippen molar-refractivity contribution in [2.45, 2.75) is 26.2 Å². The monoisotopic (exact) mass is 387 g/mol. The minimum Gasteiger partial charge on any atom is -0.496 e. The van der Waals surface area contributed by atoms with Crippen LogP contribution in [0.3, 0.4) is 0 Å². The molecule has 2 aromatic carbocycles. The number of hydrogen-bond acceptors (Lipinski definition) is 5. The lowest BCUT2D eigenvalue weighted by atomic mass is 9.87. The molecule has 0 aliphatic rings. The molecule has 28 heavy (non-hydrogen) atoms. The smallest absolute Gasteiger partial charge is 0.258 e. The molecule has 0 atom stereocenters. The summed E-state index contributed by atoms with van der Waals surface area (Å²) in [6.45, 7) is 7.18. The predicted molar refractivity (Wildman–Crippen MR) is 109 cm³/mol. The molecular weight excluding hydrogens is 358 g/mol. The quantitative estimate of drug-likeness (QED) is 0.666. The third kappa shape index (κ3) is 6.68. The summed E-state index contributed by atoms with van der Waals surface area (Å²) in [5.41, 5.74) is 1.36. The normalized spacial score (nSPS) is 10.9. The molecule has 0 fully saturated rings. The van der Waals surface area contributed by atoms with E-state index < -0.39 is 0 Å². The molecule has 6 heteroatoms. The second-order valence-corrected chi connectivity index (χ2v) is 7.31. The Kier molecular flexibility index (Phi) is 7.55. The molecule has 6 nitrogen and oxygen atoms in total. The fourth-order valence-electron chi connectivity index (χ4n) is 2.48. The van der Waals surface area contributed by atoms with E-state index in [1.807, 2.05) is 12.1 Å². The molecule has 1 amide bonds. The Bertz CT molecular complexity index is 743. The average Bonchev–Trinajstić information content (AvgIpc) is 2.69. The molecule has 1 N–H and O–H groups in total. The summed E-state index contributed by atoms with van der Waals surface area (Å²) in [7, 11) is 3.11. The first-order valence-corrected chi connectivity index (χ1v) is 9.17. The highest BCUT2D eigenvalue weighted by molar-refractivity contribution is 5.77. The minimum absolute atomic E-state index is 0.101. The Hall–Kier alpha value is -2.89. The molecule has 0 bridgehead atoms. The fourth-order valence-corrected chi connectivity index (χ4v) is 2.48. The van der Waals surface area contributed by atoms with Gasteiger partial charge in [-0.2, -0.15) is 0 Å². The van der Waals surface area contributed by atoms with Crippen molar-refractivity contribution in [2.24, 2.45) is 0 Å². The maximum Gasteiger partial charge on any atom is 0.258 e. The lowest BCUT2D eigenvalue weighted by Gasteiger charge is -2.19. The predicted octanol–water partition coefficient (Wildman–Crippen LogP) is 3.58. The maximum atomic E-state index is 11.9. The summed E-state index contributed by atoms with van der Waals surface area (Å²) in [6.07, 6.45) is 0. The standard InChI is InChI=1S/C22H29NO5/c1-22(2,3)16-6-8-17(9-7-16)27-11-10-23-21(24)15-28-20-13-18(25-4)12-19(14-20)26-5/h6-9,12-14H,10-11,15H2,1-5H3,(H,23,24). The summed E-state index contributed by atoms with van der Waals surface area (Å²) in [5, 5.41) is 2.76. The van der Waals surface area contributed by atoms with Crippen LogP contribution in [0.25, 0.3) is 0 Å². The first-order valence-electron chi connectivity index (χ1n) is 9.17. The van der Waals surface area contributed by atoms with Gasteiger partial charge in [0.05, 0.1) is 20.8 Å². The van der Waals surface area contributed by atoms with Crippen molar-refractivity contribution in [3.05, 3.63) is 48.0 Å². The number of hydrogen-bond donors (Lipinski definition) is 1. The summed E-state index contributed by atoms with van der Waals surface area (Å²) in [4.78, 5) is 11.9. The van der Waals surface area contributed by atoms with Gasteiger partial charge in [0, 0.05) is 18.2 Å². The van der Waals surface area contributed by atoms with Gasteiger partial charge in [-0.05, 0) is 23.1 Å². The van der Waals surface area contributed by atoms with Crippen LogP contribution >= 0.6 is 0 Å². The molecule has 0 saturated carbocycles. The van der Waals surface area contributed by atoms with Gasteiger partial charge in [0.2, 0.25) is 0 Å². The van der Waals surface area contributed by atoms with Crippen LogP contribution in [0.5, 0.6) is 23.0 Å². The zero-order chi connectivity index (χ0) is 20.6. The van der Waals surface area contributed by atoms with E-state index in [-0.39, 0.29) is 17.9 Å². The van der Waals surface area contributed by atoms with Crippen LogP contribution in [0.4, 0.5) is 0 Å². The van der Waals surface area contributed by atoms with Gasteiger partial charge in [-0.1, -0.05) is 32.9 Å². The van der Waals surface area contributed by atoms with Crippen LogP contribution < -0.4 is 24.3 Å². The first kappa shape index (κ1) is 21.4. The molecule has 0 aliphatic carbocycles. The van der Waals surface area contributed by atoms with E-state index in [2.05, 4.69) is 38.2 Å². The summed E-state index contributed by atoms with van der Waals surface area (Å²) >= 11 is 0. The maximum absolute atomic E-state index is 11.9. The number of benzene rings is 2. The fraction of sp³-hybridized carbons (Fsp3) is 0.409. The van der Waals surface area contributed by atoms with Crippen molar-refractivity contribution in [1.82, 2.24) is 5.32 Å². The van der Waals surface area contributed by atoms with Crippen molar-refractivity contribution >= 4 is 5.91 Å². The Balaban J connectivity index is 1.72. The zero-order valence-electron chi connectivity index (χ0n) is 17.2. The number of carbonyl (C=O) groups is 1. The number of rotatable bonds is 9. The minimum atomic E-state index is -0.228. The third-order valence-corrected chi connectivity index (χ3v) is 4.11. The van der Waals surface area contributed by atoms with E-state index in [0.717, 1.165) is 5.75 Å². The van der Waals surface area contributed by atoms with E-state index in [1.54, 1.807) is 32.4 Å². The highest BCUT2D eigenvalue weighted by Gasteiger charge is 2.13. The zero-order valence-corrected chi connectivity index (χ0v) is 17.2. The Morgan fingerprint density at radius 3 is 1.96 bits per heavy atom. The summed E-state index contributed by atoms with van der Waals surface area (Å²) in [6, 6.07) is 13.1. The van der Waals surface area contributed by atoms with Gasteiger partial charge in [0.1, 0.15) is 29.6 Å². The molecule has 2 aromatic rings. The van der Waals surface area contributed by atoms with Crippen LogP contribution in [0, 0.1) is 0 Å². The Morgan fingerprint density at radius 2 is 1.43 bits per heavy atom. The topological polar surface area (TPSA) is 66.0 Å². The van der Waals surface area contributed by atoms with Gasteiger partial charge >= 0.3 is 0 Å². The van der Waals surface area contributed by atoms with Crippen LogP contribution in [-0.4, -0.2) is 39.9 Å². The molecule has 0 radical (unpaired) electrons. The van der Waals surface area contributed by atoms with Gasteiger partial charge in [0.15, 0.2) is 6.61 Å². The highest BCUT2D eigenvalue weighted by atomic mass is 16.5. The third-order valence-electron chi connectivity index (χ3n) is 4.11. The molecule has 152 valence electrons. The van der Waals surface area contributed by atoms with Crippen molar-refractivity contribution in [2.75, 3.05) is 34.0 Å². The van der Waals surface area contributed by atoms with E-state index in [0.29, 0.717) is 30.4 Å². The van der Waals surface area contributed by atoms with Crippen LogP contribution in [-0.2, 0) is 10.2 Å². The molecule has 0 spiro atoms. The van der Waals surface area contributed by atoms with Gasteiger partial charge in [-0.3, -0.25) is 4.79 Å². The highest BCUT2D eigenvalue weighted by Crippen LogP contribution is 2.27. The molecule has 0 unspecified atom stereocenters. The summed E-state index contributed by atoms with van der Waals surface area (Å²) in [5.74, 6) is 2.25. The number of nitrogens with one attached hydrogen (secondary N) is 1. The lowest BCUT2D eigenvalue weighted by Crippen LogP contribution is -2.32. The van der Waals surface area contributed by atoms with Crippen molar-refractivity contribution in [1.29, 1.82) is 0 Å². The van der Waals surface area contributed by atoms with Crippen molar-refractivity contribution in [3.8, 4) is 23.0 Å². The van der Waals surface area contributed by atoms with E-state index in [1.165, 1.54) is 5.56 Å². The molecule has 0 aromatic heterocycles. The SMILES string of the molecule is COc1cc(OC)cc(OCC(=O)NCCOc2ccc(C(C)(C)C)cc2)c1. The largest absolute Gasteiger partial charge is 0.496 e. The first-order chi connectivity index (χ1) is 13.3.